The summed E-state index contributed by atoms with van der Waals surface area (Å²) in [4.78, 5) is 211. The van der Waals surface area contributed by atoms with Gasteiger partial charge in [-0.2, -0.15) is 11.8 Å². The first kappa shape index (κ1) is 84.3. The summed E-state index contributed by atoms with van der Waals surface area (Å²) >= 11 is 2.51. The van der Waals surface area contributed by atoms with Gasteiger partial charge in [0.15, 0.2) is 0 Å². The van der Waals surface area contributed by atoms with E-state index in [1.165, 1.54) is 67.3 Å². The molecule has 15 amide bonds. The van der Waals surface area contributed by atoms with Crippen LogP contribution >= 0.6 is 23.5 Å². The molecule has 20 N–H and O–H groups in total. The topological polar surface area (TPSA) is 532 Å². The second-order valence-corrected chi connectivity index (χ2v) is 26.9. The first-order valence-corrected chi connectivity index (χ1v) is 35.2. The summed E-state index contributed by atoms with van der Waals surface area (Å²) in [6.07, 6.45) is 5.63. The maximum absolute atomic E-state index is 14.4. The van der Waals surface area contributed by atoms with Crippen molar-refractivity contribution >= 4 is 129 Å². The Kier molecular flexibility index (Phi) is 35.4. The van der Waals surface area contributed by atoms with Crippen LogP contribution in [-0.4, -0.2) is 232 Å². The van der Waals surface area contributed by atoms with E-state index in [1.807, 2.05) is 20.1 Å². The third-order valence-electron chi connectivity index (χ3n) is 15.2. The molecular weight excluding hydrogens is 1370 g/mol. The van der Waals surface area contributed by atoms with E-state index >= 15 is 0 Å². The van der Waals surface area contributed by atoms with E-state index < -0.39 is 169 Å². The highest BCUT2D eigenvalue weighted by Crippen LogP contribution is 2.20. The third kappa shape index (κ3) is 29.6. The fourth-order valence-electron chi connectivity index (χ4n) is 9.81. The minimum Gasteiger partial charge on any atom is -0.394 e. The number of nitrogens with two attached hydrogens (primary N) is 2. The van der Waals surface area contributed by atoms with Crippen molar-refractivity contribution < 1.29 is 77.0 Å². The average molecular weight is 1460 g/mol. The number of anilines is 1. The van der Waals surface area contributed by atoms with Crippen molar-refractivity contribution in [1.29, 1.82) is 0 Å². The minimum atomic E-state index is -1.51. The van der Waals surface area contributed by atoms with Crippen LogP contribution in [0.25, 0.3) is 10.9 Å². The van der Waals surface area contributed by atoms with Crippen molar-refractivity contribution in [3.8, 4) is 0 Å². The van der Waals surface area contributed by atoms with E-state index in [9.17, 15) is 77.0 Å². The molecule has 102 heavy (non-hydrogen) atoms. The number of aromatic nitrogens is 3. The van der Waals surface area contributed by atoms with Crippen LogP contribution in [0.3, 0.4) is 0 Å². The lowest BCUT2D eigenvalue weighted by Crippen LogP contribution is -2.59. The average Bonchev–Trinajstić information content (AvgIpc) is 1.64. The van der Waals surface area contributed by atoms with Crippen molar-refractivity contribution in [2.45, 2.75) is 134 Å². The number of benzene rings is 2. The SMILES string of the molecule is CSCC[C@H](NC(=O)[C@H](CC(C)C)NC(=O)[C@H](Cc1c[nH]cn1)NC(=O)CNC(=O)[C@@H](NC(=O)[C@H](C)NC(=O)[C@H](Cc1c[nH]c2ccccc12)NC(=O)[C@H](CCC(N)=O)NC(=O)c1ccc(NC(=O)CNC(=O)[C@H](CSCNC(C)=O)NC(=O)[C@H](CO)NC(=O)CN(C)C)cc1)C(C)C)C(N)=O. The van der Waals surface area contributed by atoms with E-state index in [-0.39, 0.29) is 73.4 Å². The highest BCUT2D eigenvalue weighted by atomic mass is 32.2. The van der Waals surface area contributed by atoms with Crippen LogP contribution in [0.2, 0.25) is 0 Å². The van der Waals surface area contributed by atoms with Gasteiger partial charge in [-0.3, -0.25) is 71.9 Å². The van der Waals surface area contributed by atoms with Crippen molar-refractivity contribution in [3.63, 3.8) is 0 Å². The predicted octanol–water partition coefficient (Wildman–Crippen LogP) is -3.87. The van der Waals surface area contributed by atoms with Crippen LogP contribution in [0.15, 0.2) is 67.3 Å². The number of hydrogen-bond donors (Lipinski definition) is 18. The molecule has 4 aromatic rings. The van der Waals surface area contributed by atoms with Gasteiger partial charge in [-0.05, 0) is 100 Å². The standard InChI is InChI=1S/C65H95N19O16S2/c1-34(2)22-46(62(97)78-44(56(67)91)20-21-101-9)80-63(98)48(24-41-26-68-32-72-41)76-53(89)28-71-65(100)55(35(3)4)83-57(92)36(5)74-61(96)47(23-39-25-69-43-13-11-10-12-42(39)43)81-60(95)45(18-19-51(66)87)79-58(93)38-14-16-40(17-15-38)75-52(88)27-70-59(94)50(31-102-33-73-37(6)86)82-64(99)49(30-85)77-54(90)29-84(7)8/h10-17,25-26,32,34-36,44-50,55,69,85H,18-24,27-31,33H2,1-9H3,(H2,66,87)(H2,67,91)(H,68,72)(H,70,94)(H,71,100)(H,73,86)(H,74,96)(H,75,88)(H,76,89)(H,77,90)(H,78,97)(H,79,93)(H,80,98)(H,81,95)(H,82,99)(H,83,92)/t36-,44-,45-,46-,47-,48-,49-,50-,55-/m0/s1. The molecule has 0 aliphatic heterocycles. The number of carbonyl (C=O) groups is 15. The Morgan fingerprint density at radius 3 is 1.81 bits per heavy atom. The van der Waals surface area contributed by atoms with Crippen LogP contribution in [0.4, 0.5) is 5.69 Å². The summed E-state index contributed by atoms with van der Waals surface area (Å²) in [7, 11) is 3.24. The number of primary amides is 2. The molecule has 4 rings (SSSR count). The number of imidazole rings is 1. The number of fused-ring (bicyclic) bond motifs is 1. The summed E-state index contributed by atoms with van der Waals surface area (Å²) < 4.78 is 0. The van der Waals surface area contributed by atoms with Gasteiger partial charge < -0.3 is 101 Å². The summed E-state index contributed by atoms with van der Waals surface area (Å²) in [6, 6.07) is 0.472. The van der Waals surface area contributed by atoms with Crippen LogP contribution in [0.5, 0.6) is 0 Å². The summed E-state index contributed by atoms with van der Waals surface area (Å²) in [5, 5.41) is 43.6. The molecule has 37 heteroatoms. The first-order valence-electron chi connectivity index (χ1n) is 32.6. The molecule has 0 saturated heterocycles. The fraction of sp³-hybridized carbons (Fsp3) is 0.508. The Balaban J connectivity index is 1.45. The minimum absolute atomic E-state index is 0.0399. The van der Waals surface area contributed by atoms with Gasteiger partial charge in [-0.25, -0.2) is 4.98 Å². The van der Waals surface area contributed by atoms with Gasteiger partial charge in [0, 0.05) is 66.5 Å². The van der Waals surface area contributed by atoms with Gasteiger partial charge in [-0.15, -0.1) is 11.8 Å². The molecule has 9 atom stereocenters. The smallest absolute Gasteiger partial charge is 0.251 e. The molecule has 2 aromatic carbocycles. The Labute approximate surface area is 597 Å². The van der Waals surface area contributed by atoms with Crippen LogP contribution in [0, 0.1) is 11.8 Å². The Hall–Kier alpha value is -10.1. The van der Waals surface area contributed by atoms with Gasteiger partial charge in [0.05, 0.1) is 44.1 Å². The number of nitrogens with zero attached hydrogens (tertiary/aromatic N) is 2. The van der Waals surface area contributed by atoms with Gasteiger partial charge in [0.25, 0.3) is 5.91 Å². The highest BCUT2D eigenvalue weighted by molar-refractivity contribution is 7.99. The van der Waals surface area contributed by atoms with Crippen molar-refractivity contribution in [1.82, 2.24) is 83.7 Å². The normalized spacial score (nSPS) is 13.8. The number of H-pyrrole nitrogens is 2. The Morgan fingerprint density at radius 2 is 1.20 bits per heavy atom. The molecular formula is C65H95N19O16S2. The van der Waals surface area contributed by atoms with Gasteiger partial charge >= 0.3 is 0 Å². The van der Waals surface area contributed by atoms with E-state index in [0.29, 0.717) is 27.9 Å². The maximum Gasteiger partial charge on any atom is 0.251 e. The molecule has 558 valence electrons. The number of thioether (sulfide) groups is 2. The number of aliphatic hydroxyl groups is 1. The fourth-order valence-corrected chi connectivity index (χ4v) is 11.2. The number of rotatable bonds is 44. The van der Waals surface area contributed by atoms with E-state index in [2.05, 4.69) is 84.1 Å². The Bertz CT molecular complexity index is 3560. The number of amides is 15. The van der Waals surface area contributed by atoms with Crippen LogP contribution in [-0.2, 0) is 80.0 Å². The zero-order valence-electron chi connectivity index (χ0n) is 58.3. The van der Waals surface area contributed by atoms with Crippen molar-refractivity contribution in [3.05, 3.63) is 84.1 Å². The van der Waals surface area contributed by atoms with E-state index in [1.54, 1.807) is 58.4 Å². The Morgan fingerprint density at radius 1 is 0.598 bits per heavy atom. The van der Waals surface area contributed by atoms with Crippen LogP contribution < -0.4 is 80.6 Å². The molecule has 0 fully saturated rings. The largest absolute Gasteiger partial charge is 0.394 e. The molecule has 35 nitrogen and oxygen atoms in total. The molecule has 0 unspecified atom stereocenters. The van der Waals surface area contributed by atoms with E-state index in [0.717, 1.165) is 11.8 Å². The number of nitrogens with one attached hydrogen (secondary N) is 15. The number of carbonyl (C=O) groups excluding carboxylic acids is 15. The molecule has 0 aliphatic rings. The molecule has 2 heterocycles. The van der Waals surface area contributed by atoms with Gasteiger partial charge in [0.1, 0.15) is 54.4 Å². The zero-order chi connectivity index (χ0) is 75.8. The van der Waals surface area contributed by atoms with Crippen LogP contribution in [0.1, 0.15) is 88.8 Å². The number of aliphatic hydroxyl groups excluding tert-OH is 1. The molecule has 0 radical (unpaired) electrons. The molecule has 0 spiro atoms. The lowest BCUT2D eigenvalue weighted by Gasteiger charge is -2.26. The first-order chi connectivity index (χ1) is 48.3. The number of likely N-dealkylation sites (N-methyl/N-ethyl adjacent to an activating group) is 1. The van der Waals surface area contributed by atoms with Crippen molar-refractivity contribution in [2.75, 3.05) is 69.3 Å². The van der Waals surface area contributed by atoms with Crippen molar-refractivity contribution in [2.24, 2.45) is 23.3 Å². The maximum atomic E-state index is 14.4. The lowest BCUT2D eigenvalue weighted by molar-refractivity contribution is -0.135. The summed E-state index contributed by atoms with van der Waals surface area (Å²) in [5.74, 6) is -11.8. The third-order valence-corrected chi connectivity index (χ3v) is 16.7. The van der Waals surface area contributed by atoms with Gasteiger partial charge in [-0.1, -0.05) is 45.9 Å². The highest BCUT2D eigenvalue weighted by Gasteiger charge is 2.35. The quantitative estimate of drug-likeness (QED) is 0.0149. The molecule has 0 aliphatic carbocycles. The monoisotopic (exact) mass is 1460 g/mol. The number of para-hydroxylation sites is 1. The number of aromatic amines is 2. The predicted molar refractivity (Wildman–Crippen MR) is 379 cm³/mol. The second-order valence-electron chi connectivity index (χ2n) is 24.8. The second kappa shape index (κ2) is 42.8. The molecule has 0 bridgehead atoms. The van der Waals surface area contributed by atoms with Gasteiger partial charge in [0.2, 0.25) is 82.7 Å². The zero-order valence-corrected chi connectivity index (χ0v) is 60.0. The number of hydrogen-bond acceptors (Lipinski definition) is 20. The summed E-state index contributed by atoms with van der Waals surface area (Å²) in [6.45, 7) is 7.27. The molecule has 2 aromatic heterocycles. The lowest BCUT2D eigenvalue weighted by atomic mass is 10.0. The summed E-state index contributed by atoms with van der Waals surface area (Å²) in [5.41, 5.74) is 12.8. The van der Waals surface area contributed by atoms with E-state index in [4.69, 9.17) is 11.5 Å². The molecule has 0 saturated carbocycles.